The lowest BCUT2D eigenvalue weighted by molar-refractivity contribution is -0.123. The number of rotatable bonds is 4. The molecule has 0 aliphatic heterocycles. The topological polar surface area (TPSA) is 47.8 Å². The Morgan fingerprint density at radius 2 is 2.06 bits per heavy atom. The summed E-state index contributed by atoms with van der Waals surface area (Å²) in [6.45, 7) is 6.39. The molecule has 0 N–H and O–H groups in total. The van der Waals surface area contributed by atoms with Crippen LogP contribution in [-0.4, -0.2) is 20.5 Å². The summed E-state index contributed by atoms with van der Waals surface area (Å²) in [5.74, 6) is 2.19. The lowest BCUT2D eigenvalue weighted by Crippen LogP contribution is -2.24. The first-order chi connectivity index (χ1) is 8.58. The first-order valence-electron chi connectivity index (χ1n) is 6.99. The second-order valence-corrected chi connectivity index (χ2v) is 5.81. The third kappa shape index (κ3) is 2.98. The number of hydrogen-bond acceptors (Lipinski definition) is 3. The van der Waals surface area contributed by atoms with Crippen LogP contribution in [0.1, 0.15) is 58.3 Å². The van der Waals surface area contributed by atoms with Crippen LogP contribution in [-0.2, 0) is 11.2 Å². The summed E-state index contributed by atoms with van der Waals surface area (Å²) in [6, 6.07) is 0.265. The minimum atomic E-state index is 0.249. The minimum Gasteiger partial charge on any atom is -0.299 e. The molecule has 0 amide bonds. The van der Waals surface area contributed by atoms with Gasteiger partial charge in [0.05, 0.1) is 6.42 Å². The maximum absolute atomic E-state index is 12.3. The highest BCUT2D eigenvalue weighted by atomic mass is 16.1. The third-order valence-corrected chi connectivity index (χ3v) is 3.94. The zero-order chi connectivity index (χ0) is 13.1. The molecule has 4 heteroatoms. The number of ketones is 1. The zero-order valence-electron chi connectivity index (χ0n) is 11.6. The standard InChI is InChI=1S/C14H23N3O/c1-10(2)17-14(15-9-16-17)8-13(18)12-6-4-11(3)5-7-12/h9-12H,4-8H2,1-3H3. The summed E-state index contributed by atoms with van der Waals surface area (Å²) < 4.78 is 1.85. The molecule has 1 fully saturated rings. The average Bonchev–Trinajstić information content (AvgIpc) is 2.78. The van der Waals surface area contributed by atoms with Crippen LogP contribution >= 0.6 is 0 Å². The molecule has 1 aliphatic rings. The molecule has 0 bridgehead atoms. The van der Waals surface area contributed by atoms with Crippen LogP contribution in [0.4, 0.5) is 0 Å². The lowest BCUT2D eigenvalue weighted by atomic mass is 9.80. The Morgan fingerprint density at radius 3 is 2.67 bits per heavy atom. The number of Topliss-reactive ketones (excluding diaryl/α,β-unsaturated/α-hetero) is 1. The fourth-order valence-corrected chi connectivity index (χ4v) is 2.71. The Morgan fingerprint density at radius 1 is 1.39 bits per heavy atom. The van der Waals surface area contributed by atoms with Crippen molar-refractivity contribution in [2.45, 2.75) is 58.9 Å². The molecular formula is C14H23N3O. The molecule has 100 valence electrons. The zero-order valence-corrected chi connectivity index (χ0v) is 11.6. The molecule has 1 heterocycles. The maximum Gasteiger partial charge on any atom is 0.143 e. The number of hydrogen-bond donors (Lipinski definition) is 0. The Balaban J connectivity index is 1.96. The van der Waals surface area contributed by atoms with Gasteiger partial charge in [-0.3, -0.25) is 4.79 Å². The van der Waals surface area contributed by atoms with Crippen molar-refractivity contribution in [2.75, 3.05) is 0 Å². The van der Waals surface area contributed by atoms with Crippen molar-refractivity contribution in [1.82, 2.24) is 14.8 Å². The number of carbonyl (C=O) groups is 1. The smallest absolute Gasteiger partial charge is 0.143 e. The Kier molecular flexibility index (Phi) is 4.15. The van der Waals surface area contributed by atoms with Gasteiger partial charge in [0.25, 0.3) is 0 Å². The van der Waals surface area contributed by atoms with Crippen LogP contribution in [0.25, 0.3) is 0 Å². The van der Waals surface area contributed by atoms with Gasteiger partial charge in [-0.1, -0.05) is 19.8 Å². The Labute approximate surface area is 109 Å². The molecule has 4 nitrogen and oxygen atoms in total. The van der Waals surface area contributed by atoms with Crippen molar-refractivity contribution in [3.8, 4) is 0 Å². The second-order valence-electron chi connectivity index (χ2n) is 5.81. The van der Waals surface area contributed by atoms with Crippen LogP contribution < -0.4 is 0 Å². The quantitative estimate of drug-likeness (QED) is 0.824. The van der Waals surface area contributed by atoms with Crippen LogP contribution in [0.15, 0.2) is 6.33 Å². The highest BCUT2D eigenvalue weighted by molar-refractivity contribution is 5.82. The van der Waals surface area contributed by atoms with E-state index < -0.39 is 0 Å². The van der Waals surface area contributed by atoms with Crippen molar-refractivity contribution < 1.29 is 4.79 Å². The average molecular weight is 249 g/mol. The van der Waals surface area contributed by atoms with Crippen molar-refractivity contribution in [3.05, 3.63) is 12.2 Å². The fourth-order valence-electron chi connectivity index (χ4n) is 2.71. The van der Waals surface area contributed by atoms with Gasteiger partial charge in [-0.05, 0) is 32.6 Å². The van der Waals surface area contributed by atoms with Gasteiger partial charge < -0.3 is 0 Å². The molecular weight excluding hydrogens is 226 g/mol. The Bertz CT molecular complexity index is 403. The third-order valence-electron chi connectivity index (χ3n) is 3.94. The van der Waals surface area contributed by atoms with E-state index in [1.165, 1.54) is 12.8 Å². The molecule has 1 aromatic heterocycles. The van der Waals surface area contributed by atoms with Gasteiger partial charge in [0.15, 0.2) is 0 Å². The van der Waals surface area contributed by atoms with Crippen LogP contribution in [0, 0.1) is 11.8 Å². The molecule has 1 aromatic rings. The molecule has 1 saturated carbocycles. The first kappa shape index (κ1) is 13.2. The fraction of sp³-hybridized carbons (Fsp3) is 0.786. The van der Waals surface area contributed by atoms with Crippen molar-refractivity contribution in [3.63, 3.8) is 0 Å². The highest BCUT2D eigenvalue weighted by Gasteiger charge is 2.25. The molecule has 0 unspecified atom stereocenters. The van der Waals surface area contributed by atoms with Gasteiger partial charge in [-0.2, -0.15) is 5.10 Å². The summed E-state index contributed by atoms with van der Waals surface area (Å²) in [4.78, 5) is 16.5. The predicted octanol–water partition coefficient (Wildman–Crippen LogP) is 2.80. The van der Waals surface area contributed by atoms with Gasteiger partial charge in [-0.15, -0.1) is 0 Å². The van der Waals surface area contributed by atoms with E-state index in [0.717, 1.165) is 24.6 Å². The largest absolute Gasteiger partial charge is 0.299 e. The van der Waals surface area contributed by atoms with Gasteiger partial charge in [0.2, 0.25) is 0 Å². The highest BCUT2D eigenvalue weighted by Crippen LogP contribution is 2.29. The summed E-state index contributed by atoms with van der Waals surface area (Å²) in [7, 11) is 0. The monoisotopic (exact) mass is 249 g/mol. The molecule has 1 aliphatic carbocycles. The van der Waals surface area contributed by atoms with E-state index in [0.29, 0.717) is 12.2 Å². The van der Waals surface area contributed by atoms with E-state index in [1.807, 2.05) is 4.68 Å². The summed E-state index contributed by atoms with van der Waals surface area (Å²) in [6.07, 6.45) is 6.47. The van der Waals surface area contributed by atoms with Gasteiger partial charge in [-0.25, -0.2) is 9.67 Å². The van der Waals surface area contributed by atoms with Gasteiger partial charge >= 0.3 is 0 Å². The van der Waals surface area contributed by atoms with E-state index in [-0.39, 0.29) is 12.0 Å². The number of aromatic nitrogens is 3. The summed E-state index contributed by atoms with van der Waals surface area (Å²) >= 11 is 0. The van der Waals surface area contributed by atoms with E-state index in [9.17, 15) is 4.79 Å². The number of nitrogens with zero attached hydrogens (tertiary/aromatic N) is 3. The van der Waals surface area contributed by atoms with Gasteiger partial charge in [0, 0.05) is 12.0 Å². The molecule has 18 heavy (non-hydrogen) atoms. The maximum atomic E-state index is 12.3. The van der Waals surface area contributed by atoms with Crippen LogP contribution in [0.3, 0.4) is 0 Å². The molecule has 0 aromatic carbocycles. The Hall–Kier alpha value is -1.19. The summed E-state index contributed by atoms with van der Waals surface area (Å²) in [5.41, 5.74) is 0. The SMILES string of the molecule is CC1CCC(C(=O)Cc2ncnn2C(C)C)CC1. The van der Waals surface area contributed by atoms with Crippen molar-refractivity contribution in [2.24, 2.45) is 11.8 Å². The van der Waals surface area contributed by atoms with E-state index >= 15 is 0 Å². The van der Waals surface area contributed by atoms with Crippen LogP contribution in [0.5, 0.6) is 0 Å². The molecule has 0 atom stereocenters. The van der Waals surface area contributed by atoms with Gasteiger partial charge in [0.1, 0.15) is 17.9 Å². The predicted molar refractivity (Wildman–Crippen MR) is 70.2 cm³/mol. The first-order valence-corrected chi connectivity index (χ1v) is 6.99. The molecule has 0 saturated heterocycles. The number of carbonyl (C=O) groups excluding carboxylic acids is 1. The van der Waals surface area contributed by atoms with E-state index in [1.54, 1.807) is 6.33 Å². The van der Waals surface area contributed by atoms with Crippen LogP contribution in [0.2, 0.25) is 0 Å². The summed E-state index contributed by atoms with van der Waals surface area (Å²) in [5, 5.41) is 4.18. The van der Waals surface area contributed by atoms with Crippen molar-refractivity contribution in [1.29, 1.82) is 0 Å². The molecule has 0 radical (unpaired) electrons. The van der Waals surface area contributed by atoms with E-state index in [2.05, 4.69) is 30.9 Å². The van der Waals surface area contributed by atoms with Crippen molar-refractivity contribution >= 4 is 5.78 Å². The lowest BCUT2D eigenvalue weighted by Gasteiger charge is -2.25. The van der Waals surface area contributed by atoms with E-state index in [4.69, 9.17) is 0 Å². The second kappa shape index (κ2) is 5.63. The molecule has 0 spiro atoms. The molecule has 2 rings (SSSR count). The normalized spacial score (nSPS) is 24.4. The minimum absolute atomic E-state index is 0.249.